The Balaban J connectivity index is 2.02. The first-order chi connectivity index (χ1) is 8.61. The van der Waals surface area contributed by atoms with Crippen molar-refractivity contribution in [1.82, 2.24) is 10.2 Å². The molecule has 1 aliphatic rings. The van der Waals surface area contributed by atoms with Gasteiger partial charge in [-0.1, -0.05) is 25.7 Å². The van der Waals surface area contributed by atoms with Crippen molar-refractivity contribution in [2.45, 2.75) is 44.1 Å². The Hall–Kier alpha value is -0.880. The summed E-state index contributed by atoms with van der Waals surface area (Å²) < 4.78 is 0.426. The van der Waals surface area contributed by atoms with Crippen LogP contribution in [0.2, 0.25) is 0 Å². The van der Waals surface area contributed by atoms with E-state index < -0.39 is 5.60 Å². The van der Waals surface area contributed by atoms with Crippen LogP contribution in [0.1, 0.15) is 38.5 Å². The maximum atomic E-state index is 11.4. The highest BCUT2D eigenvalue weighted by molar-refractivity contribution is 9.10. The molecule has 3 N–H and O–H groups in total. The summed E-state index contributed by atoms with van der Waals surface area (Å²) in [5, 5.41) is 19.7. The van der Waals surface area contributed by atoms with Gasteiger partial charge in [0.15, 0.2) is 0 Å². The van der Waals surface area contributed by atoms with Gasteiger partial charge in [-0.05, 0) is 28.8 Å². The molecule has 0 spiro atoms. The van der Waals surface area contributed by atoms with Crippen molar-refractivity contribution >= 4 is 21.6 Å². The lowest BCUT2D eigenvalue weighted by atomic mass is 9.94. The van der Waals surface area contributed by atoms with Crippen LogP contribution in [-0.4, -0.2) is 27.4 Å². The Morgan fingerprint density at radius 3 is 2.72 bits per heavy atom. The first-order valence-corrected chi connectivity index (χ1v) is 7.09. The SMILES string of the molecule is O=c1[nH]ncc(NCC2(O)CCCCCC2)c1Br. The summed E-state index contributed by atoms with van der Waals surface area (Å²) in [6, 6.07) is 0. The summed E-state index contributed by atoms with van der Waals surface area (Å²) in [6.45, 7) is 0.455. The first kappa shape index (κ1) is 13.5. The Morgan fingerprint density at radius 1 is 1.39 bits per heavy atom. The van der Waals surface area contributed by atoms with Crippen LogP contribution in [0.5, 0.6) is 0 Å². The molecule has 1 fully saturated rings. The molecule has 0 bridgehead atoms. The molecule has 1 aromatic rings. The molecule has 18 heavy (non-hydrogen) atoms. The van der Waals surface area contributed by atoms with Gasteiger partial charge in [0, 0.05) is 6.54 Å². The number of halogens is 1. The van der Waals surface area contributed by atoms with Crippen molar-refractivity contribution in [3.63, 3.8) is 0 Å². The monoisotopic (exact) mass is 315 g/mol. The molecule has 1 aliphatic carbocycles. The van der Waals surface area contributed by atoms with E-state index in [-0.39, 0.29) is 5.56 Å². The number of nitrogens with zero attached hydrogens (tertiary/aromatic N) is 1. The molecule has 0 atom stereocenters. The summed E-state index contributed by atoms with van der Waals surface area (Å²) in [6.07, 6.45) is 7.69. The van der Waals surface area contributed by atoms with Crippen LogP contribution in [-0.2, 0) is 0 Å². The quantitative estimate of drug-likeness (QED) is 0.746. The van der Waals surface area contributed by atoms with E-state index in [0.717, 1.165) is 25.7 Å². The number of aliphatic hydroxyl groups is 1. The maximum Gasteiger partial charge on any atom is 0.280 e. The topological polar surface area (TPSA) is 78.0 Å². The van der Waals surface area contributed by atoms with E-state index in [1.54, 1.807) is 6.20 Å². The number of hydrogen-bond donors (Lipinski definition) is 3. The fourth-order valence-corrected chi connectivity index (χ4v) is 2.66. The Morgan fingerprint density at radius 2 is 2.06 bits per heavy atom. The average molecular weight is 316 g/mol. The molecule has 0 saturated heterocycles. The predicted molar refractivity (Wildman–Crippen MR) is 73.7 cm³/mol. The molecule has 0 radical (unpaired) electrons. The van der Waals surface area contributed by atoms with Crippen molar-refractivity contribution in [2.75, 3.05) is 11.9 Å². The lowest BCUT2D eigenvalue weighted by molar-refractivity contribution is 0.0381. The second-order valence-corrected chi connectivity index (χ2v) is 5.71. The molecule has 1 aromatic heterocycles. The summed E-state index contributed by atoms with van der Waals surface area (Å²) in [5.74, 6) is 0. The van der Waals surface area contributed by atoms with Gasteiger partial charge >= 0.3 is 0 Å². The minimum Gasteiger partial charge on any atom is -0.388 e. The molecular formula is C12H18BrN3O2. The van der Waals surface area contributed by atoms with Gasteiger partial charge in [0.25, 0.3) is 5.56 Å². The third-order valence-electron chi connectivity index (χ3n) is 3.44. The molecule has 100 valence electrons. The van der Waals surface area contributed by atoms with Gasteiger partial charge in [0.1, 0.15) is 4.47 Å². The smallest absolute Gasteiger partial charge is 0.280 e. The summed E-state index contributed by atoms with van der Waals surface area (Å²) in [4.78, 5) is 11.4. The molecule has 0 amide bonds. The van der Waals surface area contributed by atoms with Crippen molar-refractivity contribution in [3.8, 4) is 0 Å². The lowest BCUT2D eigenvalue weighted by Gasteiger charge is -2.27. The molecule has 5 nitrogen and oxygen atoms in total. The number of H-pyrrole nitrogens is 1. The van der Waals surface area contributed by atoms with Crippen molar-refractivity contribution in [1.29, 1.82) is 0 Å². The number of nitrogens with one attached hydrogen (secondary N) is 2. The number of hydrogen-bond acceptors (Lipinski definition) is 4. The Bertz CT molecular complexity index is 453. The van der Waals surface area contributed by atoms with E-state index in [0.29, 0.717) is 16.7 Å². The maximum absolute atomic E-state index is 11.4. The minimum absolute atomic E-state index is 0.271. The van der Waals surface area contributed by atoms with Crippen LogP contribution in [0.25, 0.3) is 0 Å². The number of rotatable bonds is 3. The fourth-order valence-electron chi connectivity index (χ4n) is 2.33. The van der Waals surface area contributed by atoms with Gasteiger partial charge in [0.05, 0.1) is 17.5 Å². The molecule has 0 unspecified atom stereocenters. The van der Waals surface area contributed by atoms with Crippen LogP contribution < -0.4 is 10.9 Å². The third kappa shape index (κ3) is 3.32. The summed E-state index contributed by atoms with van der Waals surface area (Å²) in [7, 11) is 0. The second kappa shape index (κ2) is 5.84. The van der Waals surface area contributed by atoms with E-state index in [2.05, 4.69) is 31.4 Å². The van der Waals surface area contributed by atoms with E-state index >= 15 is 0 Å². The summed E-state index contributed by atoms with van der Waals surface area (Å²) in [5.41, 5.74) is -0.317. The van der Waals surface area contributed by atoms with Gasteiger partial charge in [-0.2, -0.15) is 5.10 Å². The normalized spacial score (nSPS) is 19.2. The van der Waals surface area contributed by atoms with Gasteiger partial charge in [-0.25, -0.2) is 5.10 Å². The highest BCUT2D eigenvalue weighted by Gasteiger charge is 2.27. The zero-order valence-corrected chi connectivity index (χ0v) is 11.8. The molecule has 6 heteroatoms. The van der Waals surface area contributed by atoms with Gasteiger partial charge in [0.2, 0.25) is 0 Å². The highest BCUT2D eigenvalue weighted by Crippen LogP contribution is 2.27. The molecule has 1 saturated carbocycles. The van der Waals surface area contributed by atoms with E-state index in [9.17, 15) is 9.90 Å². The first-order valence-electron chi connectivity index (χ1n) is 6.30. The van der Waals surface area contributed by atoms with Gasteiger partial charge < -0.3 is 10.4 Å². The molecular weight excluding hydrogens is 298 g/mol. The standard InChI is InChI=1S/C12H18BrN3O2/c13-10-9(7-15-16-11(10)17)14-8-12(18)5-3-1-2-4-6-12/h7,18H,1-6,8H2,(H2,14,16,17). The summed E-state index contributed by atoms with van der Waals surface area (Å²) >= 11 is 3.21. The number of anilines is 1. The van der Waals surface area contributed by atoms with Crippen LogP contribution in [0.3, 0.4) is 0 Å². The molecule has 2 rings (SSSR count). The van der Waals surface area contributed by atoms with Crippen LogP contribution in [0.4, 0.5) is 5.69 Å². The van der Waals surface area contributed by atoms with Crippen LogP contribution >= 0.6 is 15.9 Å². The Kier molecular flexibility index (Phi) is 4.40. The van der Waals surface area contributed by atoms with Gasteiger partial charge in [-0.3, -0.25) is 4.79 Å². The molecule has 0 aliphatic heterocycles. The minimum atomic E-state index is -0.668. The van der Waals surface area contributed by atoms with E-state index in [1.165, 1.54) is 12.8 Å². The van der Waals surface area contributed by atoms with Crippen LogP contribution in [0, 0.1) is 0 Å². The third-order valence-corrected chi connectivity index (χ3v) is 4.23. The van der Waals surface area contributed by atoms with Crippen LogP contribution in [0.15, 0.2) is 15.5 Å². The number of aromatic nitrogens is 2. The average Bonchev–Trinajstić information content (AvgIpc) is 2.57. The highest BCUT2D eigenvalue weighted by atomic mass is 79.9. The zero-order valence-electron chi connectivity index (χ0n) is 10.2. The molecule has 0 aromatic carbocycles. The number of aromatic amines is 1. The fraction of sp³-hybridized carbons (Fsp3) is 0.667. The second-order valence-electron chi connectivity index (χ2n) is 4.92. The van der Waals surface area contributed by atoms with E-state index in [4.69, 9.17) is 0 Å². The van der Waals surface area contributed by atoms with Crippen molar-refractivity contribution in [3.05, 3.63) is 21.0 Å². The predicted octanol–water partition coefficient (Wildman–Crippen LogP) is 2.03. The van der Waals surface area contributed by atoms with Crippen molar-refractivity contribution in [2.24, 2.45) is 0 Å². The largest absolute Gasteiger partial charge is 0.388 e. The van der Waals surface area contributed by atoms with Crippen molar-refractivity contribution < 1.29 is 5.11 Å². The molecule has 1 heterocycles. The zero-order chi connectivity index (χ0) is 13.0. The van der Waals surface area contributed by atoms with Gasteiger partial charge in [-0.15, -0.1) is 0 Å². The lowest BCUT2D eigenvalue weighted by Crippen LogP contribution is -2.36. The Labute approximate surface area is 114 Å². The van der Waals surface area contributed by atoms with E-state index in [1.807, 2.05) is 0 Å².